The van der Waals surface area contributed by atoms with Crippen LogP contribution in [-0.4, -0.2) is 26.8 Å². The molecule has 5 aromatic carbocycles. The monoisotopic (exact) mass is 756 g/mol. The van der Waals surface area contributed by atoms with Crippen LogP contribution in [0.5, 0.6) is 0 Å². The molecule has 0 N–H and O–H groups in total. The first-order chi connectivity index (χ1) is 25.1. The lowest BCUT2D eigenvalue weighted by Crippen LogP contribution is -2.27. The van der Waals surface area contributed by atoms with Crippen LogP contribution in [0.4, 0.5) is 0 Å². The van der Waals surface area contributed by atoms with Crippen LogP contribution in [0.3, 0.4) is 0 Å². The maximum absolute atomic E-state index is 15.0. The van der Waals surface area contributed by atoms with Gasteiger partial charge in [0.15, 0.2) is 14.3 Å². The Labute approximate surface area is 300 Å². The zero-order chi connectivity index (χ0) is 35.9. The molecule has 0 saturated heterocycles. The maximum atomic E-state index is 15.0. The van der Waals surface area contributed by atoms with Gasteiger partial charge in [0.1, 0.15) is 10.9 Å². The van der Waals surface area contributed by atoms with Gasteiger partial charge in [-0.3, -0.25) is 9.97 Å². The van der Waals surface area contributed by atoms with Gasteiger partial charge in [-0.15, -0.1) is 0 Å². The lowest BCUT2D eigenvalue weighted by Gasteiger charge is -2.19. The van der Waals surface area contributed by atoms with Crippen LogP contribution < -0.4 is 32.1 Å². The largest absolute Gasteiger partial charge is 0.307 e. The highest BCUT2D eigenvalue weighted by Gasteiger charge is 2.43. The van der Waals surface area contributed by atoms with Crippen LogP contribution in [0.2, 0.25) is 0 Å². The summed E-state index contributed by atoms with van der Waals surface area (Å²) >= 11 is 0. The van der Waals surface area contributed by atoms with Gasteiger partial charge >= 0.3 is 0 Å². The number of sulfone groups is 2. The Hall–Kier alpha value is -5.24. The van der Waals surface area contributed by atoms with Crippen molar-refractivity contribution in [2.24, 2.45) is 0 Å². The highest BCUT2D eigenvalue weighted by molar-refractivity contribution is 7.93. The van der Waals surface area contributed by atoms with Gasteiger partial charge in [-0.25, -0.2) is 16.8 Å². The van der Waals surface area contributed by atoms with Gasteiger partial charge in [-0.1, -0.05) is 97.1 Å². The van der Waals surface area contributed by atoms with Gasteiger partial charge < -0.3 is 9.13 Å². The fourth-order valence-corrected chi connectivity index (χ4v) is 15.9. The quantitative estimate of drug-likeness (QED) is 0.207. The molecule has 2 atom stereocenters. The Morgan fingerprint density at radius 2 is 0.750 bits per heavy atom. The number of hydrogen-bond donors (Lipinski definition) is 0. The number of pyridine rings is 2. The number of benzene rings is 5. The summed E-state index contributed by atoms with van der Waals surface area (Å²) in [4.78, 5) is 8.41. The summed E-state index contributed by atoms with van der Waals surface area (Å²) in [5.41, 5.74) is 2.10. The topological polar surface area (TPSA) is 128 Å². The van der Waals surface area contributed by atoms with E-state index in [9.17, 15) is 16.8 Å². The van der Waals surface area contributed by atoms with E-state index >= 15 is 9.13 Å². The van der Waals surface area contributed by atoms with Crippen LogP contribution in [0.25, 0.3) is 22.3 Å². The molecule has 9 rings (SSSR count). The number of rotatable bonds is 6. The van der Waals surface area contributed by atoms with Crippen LogP contribution in [-0.2, 0) is 28.8 Å². The molecule has 2 unspecified atom stereocenters. The molecular weight excluding hydrogens is 731 g/mol. The van der Waals surface area contributed by atoms with E-state index < -0.39 is 34.0 Å². The highest BCUT2D eigenvalue weighted by Crippen LogP contribution is 2.53. The second kappa shape index (κ2) is 11.6. The molecule has 0 fully saturated rings. The van der Waals surface area contributed by atoms with E-state index in [4.69, 9.17) is 0 Å². The molecule has 4 heterocycles. The first-order valence-electron chi connectivity index (χ1n) is 16.2. The summed E-state index contributed by atoms with van der Waals surface area (Å²) in [6.45, 7) is 0. The van der Waals surface area contributed by atoms with Crippen molar-refractivity contribution >= 4 is 66.0 Å². The number of fused-ring (bicyclic) bond motifs is 6. The van der Waals surface area contributed by atoms with Crippen molar-refractivity contribution in [3.05, 3.63) is 158 Å². The lowest BCUT2D eigenvalue weighted by atomic mass is 9.99. The molecule has 0 amide bonds. The molecule has 7 aromatic rings. The average molecular weight is 757 g/mol. The van der Waals surface area contributed by atoms with E-state index in [1.54, 1.807) is 128 Å². The van der Waals surface area contributed by atoms with Crippen molar-refractivity contribution < 1.29 is 26.0 Å². The minimum atomic E-state index is -4.23. The molecule has 0 bridgehead atoms. The third-order valence-corrected chi connectivity index (χ3v) is 19.2. The summed E-state index contributed by atoms with van der Waals surface area (Å²) in [6.07, 6.45) is 3.10. The Kier molecular flexibility index (Phi) is 7.31. The van der Waals surface area contributed by atoms with Gasteiger partial charge in [-0.2, -0.15) is 0 Å². The molecule has 2 aromatic heterocycles. The molecule has 8 nitrogen and oxygen atoms in total. The maximum Gasteiger partial charge on any atom is 0.207 e. The van der Waals surface area contributed by atoms with E-state index in [-0.39, 0.29) is 19.6 Å². The normalized spacial score (nSPS) is 16.8. The average Bonchev–Trinajstić information content (AvgIpc) is 3.56. The van der Waals surface area contributed by atoms with Gasteiger partial charge in [0.05, 0.1) is 19.6 Å². The smallest absolute Gasteiger partial charge is 0.207 e. The Bertz CT molecular complexity index is 2640. The Morgan fingerprint density at radius 1 is 0.365 bits per heavy atom. The second-order valence-electron chi connectivity index (χ2n) is 12.5. The van der Waals surface area contributed by atoms with Crippen molar-refractivity contribution in [1.82, 2.24) is 9.97 Å². The van der Waals surface area contributed by atoms with Gasteiger partial charge in [0.2, 0.25) is 19.7 Å². The molecule has 2 aliphatic heterocycles. The third kappa shape index (κ3) is 4.58. The number of nitrogens with zero attached hydrogens (tertiary/aromatic N) is 2. The zero-order valence-corrected chi connectivity index (χ0v) is 30.5. The fraction of sp³-hybridized carbons (Fsp3) is 0. The van der Waals surface area contributed by atoms with Crippen molar-refractivity contribution in [1.29, 1.82) is 0 Å². The van der Waals surface area contributed by atoms with Gasteiger partial charge in [-0.05, 0) is 48.5 Å². The highest BCUT2D eigenvalue weighted by atomic mass is 32.2. The molecule has 254 valence electrons. The Balaban J connectivity index is 1.20. The lowest BCUT2D eigenvalue weighted by molar-refractivity contribution is 0.591. The van der Waals surface area contributed by atoms with E-state index in [1.165, 1.54) is 18.2 Å². The van der Waals surface area contributed by atoms with Crippen LogP contribution in [0.1, 0.15) is 0 Å². The molecule has 0 saturated carbocycles. The van der Waals surface area contributed by atoms with Crippen molar-refractivity contribution in [2.75, 3.05) is 0 Å². The fourth-order valence-electron chi connectivity index (χ4n) is 7.15. The SMILES string of the molecule is O=P(c1ccccc1)(c1ccc2c(c1)S(=O)(=O)c1cc3c(cc1-2)-c1ccc(P(=O)(c2ccccc2)c2ccccn2)cc1S3(=O)=O)c1ccccn1. The van der Waals surface area contributed by atoms with Crippen molar-refractivity contribution in [3.8, 4) is 22.3 Å². The molecule has 0 aliphatic carbocycles. The molecular formula is C40H26N2O6P2S2. The first-order valence-corrected chi connectivity index (χ1v) is 22.6. The summed E-state index contributed by atoms with van der Waals surface area (Å²) < 4.78 is 87.1. The molecule has 0 radical (unpaired) electrons. The molecule has 12 heteroatoms. The minimum absolute atomic E-state index is 0.0529. The summed E-state index contributed by atoms with van der Waals surface area (Å²) in [5.74, 6) is 0. The Morgan fingerprint density at radius 3 is 1.13 bits per heavy atom. The van der Waals surface area contributed by atoms with Crippen LogP contribution in [0.15, 0.2) is 178 Å². The molecule has 2 aliphatic rings. The van der Waals surface area contributed by atoms with Crippen LogP contribution in [0, 0.1) is 0 Å². The van der Waals surface area contributed by atoms with E-state index in [0.29, 0.717) is 54.3 Å². The van der Waals surface area contributed by atoms with E-state index in [1.807, 2.05) is 12.1 Å². The minimum Gasteiger partial charge on any atom is -0.307 e. The summed E-state index contributed by atoms with van der Waals surface area (Å²) in [6, 6.07) is 40.2. The number of hydrogen-bond acceptors (Lipinski definition) is 8. The first kappa shape index (κ1) is 32.7. The van der Waals surface area contributed by atoms with Gasteiger partial charge in [0.25, 0.3) is 0 Å². The summed E-state index contributed by atoms with van der Waals surface area (Å²) in [5, 5.41) is 1.59. The molecule has 52 heavy (non-hydrogen) atoms. The summed E-state index contributed by atoms with van der Waals surface area (Å²) in [7, 11) is -15.7. The predicted molar refractivity (Wildman–Crippen MR) is 203 cm³/mol. The van der Waals surface area contributed by atoms with Crippen molar-refractivity contribution in [3.63, 3.8) is 0 Å². The zero-order valence-electron chi connectivity index (χ0n) is 27.1. The predicted octanol–water partition coefficient (Wildman–Crippen LogP) is 5.38. The second-order valence-corrected chi connectivity index (χ2v) is 21.7. The molecule has 0 spiro atoms. The van der Waals surface area contributed by atoms with Gasteiger partial charge in [0, 0.05) is 55.9 Å². The van der Waals surface area contributed by atoms with Crippen molar-refractivity contribution in [2.45, 2.75) is 19.6 Å². The van der Waals surface area contributed by atoms with Crippen LogP contribution >= 0.6 is 14.3 Å². The van der Waals surface area contributed by atoms with E-state index in [0.717, 1.165) is 0 Å². The number of aromatic nitrogens is 2. The standard InChI is InChI=1S/C40H26N2O6P2S2/c43-49(27-11-3-1-4-12-27,39-15-7-9-21-41-39)29-17-19-31-33-25-34-32-20-18-30(50(44,28-13-5-2-6-14-28)40-16-8-10-22-42-40)24-36(32)52(47,48)38(34)26-37(33)51(45,46)35(31)23-29/h1-26H. The van der Waals surface area contributed by atoms with E-state index in [2.05, 4.69) is 9.97 Å². The third-order valence-electron chi connectivity index (χ3n) is 9.66.